The molecule has 0 aliphatic heterocycles. The Morgan fingerprint density at radius 2 is 1.86 bits per heavy atom. The van der Waals surface area contributed by atoms with Gasteiger partial charge in [-0.1, -0.05) is 12.1 Å². The number of aromatic amines is 1. The largest absolute Gasteiger partial charge is 0.504 e. The Balaban J connectivity index is 2.38. The third kappa shape index (κ3) is 1.43. The van der Waals surface area contributed by atoms with E-state index in [0.717, 1.165) is 5.39 Å². The first-order valence-electron chi connectivity index (χ1n) is 6.46. The first-order valence-corrected chi connectivity index (χ1v) is 6.46. The monoisotopic (exact) mass is 281 g/mol. The van der Waals surface area contributed by atoms with Gasteiger partial charge in [0, 0.05) is 16.3 Å². The third-order valence-electron chi connectivity index (χ3n) is 3.81. The number of rotatable bonds is 0. The summed E-state index contributed by atoms with van der Waals surface area (Å²) in [6.07, 6.45) is 0. The topological polar surface area (TPSA) is 86.5 Å². The average molecular weight is 281 g/mol. The molecule has 4 rings (SSSR count). The highest BCUT2D eigenvalue weighted by Gasteiger charge is 2.19. The lowest BCUT2D eigenvalue weighted by atomic mass is 10.1. The summed E-state index contributed by atoms with van der Waals surface area (Å²) in [4.78, 5) is 15.1. The van der Waals surface area contributed by atoms with E-state index in [2.05, 4.69) is 4.98 Å². The number of benzene rings is 2. The van der Waals surface area contributed by atoms with Crippen molar-refractivity contribution in [3.05, 3.63) is 46.2 Å². The lowest BCUT2D eigenvalue weighted by Gasteiger charge is -2.01. The summed E-state index contributed by atoms with van der Waals surface area (Å²) in [7, 11) is 0. The quantitative estimate of drug-likeness (QED) is 0.432. The maximum absolute atomic E-state index is 12.3. The van der Waals surface area contributed by atoms with E-state index in [-0.39, 0.29) is 17.1 Å². The van der Waals surface area contributed by atoms with E-state index in [4.69, 9.17) is 4.42 Å². The van der Waals surface area contributed by atoms with Crippen LogP contribution in [0.2, 0.25) is 0 Å². The molecule has 0 aliphatic carbocycles. The van der Waals surface area contributed by atoms with Crippen LogP contribution >= 0.6 is 0 Å². The van der Waals surface area contributed by atoms with Gasteiger partial charge in [0.15, 0.2) is 11.5 Å². The van der Waals surface area contributed by atoms with Crippen molar-refractivity contribution < 1.29 is 14.6 Å². The molecule has 0 fully saturated rings. The van der Waals surface area contributed by atoms with Crippen LogP contribution in [0, 0.1) is 6.92 Å². The molecule has 0 aliphatic rings. The highest BCUT2D eigenvalue weighted by Crippen LogP contribution is 2.40. The van der Waals surface area contributed by atoms with Gasteiger partial charge in [-0.05, 0) is 25.1 Å². The van der Waals surface area contributed by atoms with Crippen molar-refractivity contribution in [2.75, 3.05) is 0 Å². The zero-order chi connectivity index (χ0) is 14.7. The van der Waals surface area contributed by atoms with Crippen LogP contribution in [0.25, 0.3) is 32.8 Å². The number of nitrogens with one attached hydrogen (secondary N) is 1. The number of aryl methyl sites for hydroxylation is 1. The van der Waals surface area contributed by atoms with E-state index in [9.17, 15) is 15.0 Å². The number of aromatic nitrogens is 1. The van der Waals surface area contributed by atoms with E-state index in [1.807, 2.05) is 18.2 Å². The molecule has 0 bridgehead atoms. The molecule has 2 heterocycles. The van der Waals surface area contributed by atoms with E-state index >= 15 is 0 Å². The Morgan fingerprint density at radius 3 is 2.67 bits per heavy atom. The number of phenols is 2. The summed E-state index contributed by atoms with van der Waals surface area (Å²) in [5.74, 6) is -0.502. The minimum atomic E-state index is -0.285. The Bertz CT molecular complexity index is 1090. The first kappa shape index (κ1) is 11.8. The fourth-order valence-electron chi connectivity index (χ4n) is 2.75. The van der Waals surface area contributed by atoms with Gasteiger partial charge in [-0.2, -0.15) is 0 Å². The number of hydrogen-bond acceptors (Lipinski definition) is 4. The van der Waals surface area contributed by atoms with Gasteiger partial charge in [-0.3, -0.25) is 4.79 Å². The van der Waals surface area contributed by atoms with Crippen LogP contribution in [0.1, 0.15) is 5.56 Å². The zero-order valence-corrected chi connectivity index (χ0v) is 11.1. The Kier molecular flexibility index (Phi) is 2.14. The highest BCUT2D eigenvalue weighted by atomic mass is 16.3. The standard InChI is InChI=1S/C16H11NO4/c1-7-13(19)11(18)6-9-12-15(21-14(7)9)8-4-2-3-5-10(8)17-16(12)20/h2-6,18-19H,1H3,(H,17,20). The van der Waals surface area contributed by atoms with Gasteiger partial charge in [-0.15, -0.1) is 0 Å². The molecule has 21 heavy (non-hydrogen) atoms. The second-order valence-corrected chi connectivity index (χ2v) is 5.05. The summed E-state index contributed by atoms with van der Waals surface area (Å²) in [6.45, 7) is 1.64. The fourth-order valence-corrected chi connectivity index (χ4v) is 2.75. The van der Waals surface area contributed by atoms with Crippen LogP contribution in [0.5, 0.6) is 11.5 Å². The highest BCUT2D eigenvalue weighted by molar-refractivity contribution is 6.14. The number of phenolic OH excluding ortho intramolecular Hbond substituents is 2. The third-order valence-corrected chi connectivity index (χ3v) is 3.81. The van der Waals surface area contributed by atoms with Gasteiger partial charge >= 0.3 is 0 Å². The minimum absolute atomic E-state index is 0.234. The molecule has 0 saturated carbocycles. The second-order valence-electron chi connectivity index (χ2n) is 5.05. The maximum Gasteiger partial charge on any atom is 0.260 e. The predicted molar refractivity (Wildman–Crippen MR) is 79.9 cm³/mol. The number of furan rings is 1. The summed E-state index contributed by atoms with van der Waals surface area (Å²) < 4.78 is 5.82. The van der Waals surface area contributed by atoms with Gasteiger partial charge in [0.05, 0.1) is 10.9 Å². The summed E-state index contributed by atoms with van der Waals surface area (Å²) in [6, 6.07) is 8.69. The molecule has 0 amide bonds. The number of aromatic hydroxyl groups is 2. The molecule has 0 saturated heterocycles. The maximum atomic E-state index is 12.3. The lowest BCUT2D eigenvalue weighted by Crippen LogP contribution is -2.04. The predicted octanol–water partition coefficient (Wildman–Crippen LogP) is 3.15. The van der Waals surface area contributed by atoms with Crippen molar-refractivity contribution >= 4 is 32.8 Å². The molecule has 104 valence electrons. The van der Waals surface area contributed by atoms with Crippen LogP contribution in [0.4, 0.5) is 0 Å². The second kappa shape index (κ2) is 3.79. The molecule has 4 aromatic rings. The normalized spacial score (nSPS) is 11.7. The van der Waals surface area contributed by atoms with Gasteiger partial charge < -0.3 is 19.6 Å². The van der Waals surface area contributed by atoms with Crippen molar-refractivity contribution in [3.8, 4) is 11.5 Å². The van der Waals surface area contributed by atoms with Gasteiger partial charge in [-0.25, -0.2) is 0 Å². The fraction of sp³-hybridized carbons (Fsp3) is 0.0625. The van der Waals surface area contributed by atoms with E-state index < -0.39 is 0 Å². The number of H-pyrrole nitrogens is 1. The van der Waals surface area contributed by atoms with Crippen LogP contribution in [0.3, 0.4) is 0 Å². The first-order chi connectivity index (χ1) is 10.1. The number of fused-ring (bicyclic) bond motifs is 5. The van der Waals surface area contributed by atoms with Crippen LogP contribution in [0.15, 0.2) is 39.5 Å². The molecule has 2 aromatic heterocycles. The Morgan fingerprint density at radius 1 is 1.10 bits per heavy atom. The summed E-state index contributed by atoms with van der Waals surface area (Å²) in [5, 5.41) is 21.2. The van der Waals surface area contributed by atoms with E-state index in [1.165, 1.54) is 6.07 Å². The SMILES string of the molecule is Cc1c(O)c(O)cc2c1oc1c3ccccc3[nH]c(=O)c21. The smallest absolute Gasteiger partial charge is 0.260 e. The Labute approximate surface area is 118 Å². The molecule has 5 nitrogen and oxygen atoms in total. The van der Waals surface area contributed by atoms with Crippen molar-refractivity contribution in [2.24, 2.45) is 0 Å². The summed E-state index contributed by atoms with van der Waals surface area (Å²) >= 11 is 0. The van der Waals surface area contributed by atoms with Gasteiger partial charge in [0.25, 0.3) is 5.56 Å². The number of pyridine rings is 1. The van der Waals surface area contributed by atoms with Crippen LogP contribution in [-0.4, -0.2) is 15.2 Å². The molecule has 0 unspecified atom stereocenters. The molecule has 0 radical (unpaired) electrons. The zero-order valence-electron chi connectivity index (χ0n) is 11.1. The minimum Gasteiger partial charge on any atom is -0.504 e. The summed E-state index contributed by atoms with van der Waals surface area (Å²) in [5.41, 5.74) is 1.66. The lowest BCUT2D eigenvalue weighted by molar-refractivity contribution is 0.401. The van der Waals surface area contributed by atoms with Crippen molar-refractivity contribution in [3.63, 3.8) is 0 Å². The molecular formula is C16H11NO4. The molecule has 2 aromatic carbocycles. The van der Waals surface area contributed by atoms with E-state index in [0.29, 0.717) is 33.0 Å². The van der Waals surface area contributed by atoms with Crippen molar-refractivity contribution in [1.29, 1.82) is 0 Å². The number of hydrogen-bond donors (Lipinski definition) is 3. The number of para-hydroxylation sites is 1. The molecule has 0 spiro atoms. The Hall–Kier alpha value is -2.95. The molecular weight excluding hydrogens is 270 g/mol. The van der Waals surface area contributed by atoms with E-state index in [1.54, 1.807) is 13.0 Å². The van der Waals surface area contributed by atoms with Crippen molar-refractivity contribution in [2.45, 2.75) is 6.92 Å². The van der Waals surface area contributed by atoms with Gasteiger partial charge in [0.1, 0.15) is 11.2 Å². The van der Waals surface area contributed by atoms with Crippen LogP contribution in [-0.2, 0) is 0 Å². The molecule has 3 N–H and O–H groups in total. The average Bonchev–Trinajstić information content (AvgIpc) is 2.85. The molecule has 0 atom stereocenters. The molecule has 5 heteroatoms. The van der Waals surface area contributed by atoms with Crippen molar-refractivity contribution in [1.82, 2.24) is 4.98 Å². The van der Waals surface area contributed by atoms with Crippen LogP contribution < -0.4 is 5.56 Å². The van der Waals surface area contributed by atoms with Gasteiger partial charge in [0.2, 0.25) is 0 Å².